The van der Waals surface area contributed by atoms with Gasteiger partial charge in [-0.3, -0.25) is 4.79 Å². The van der Waals surface area contributed by atoms with Crippen molar-refractivity contribution in [3.8, 4) is 27.6 Å². The Labute approximate surface area is 185 Å². The first-order valence-electron chi connectivity index (χ1n) is 9.51. The van der Waals surface area contributed by atoms with Crippen molar-refractivity contribution < 1.29 is 4.79 Å². The topological polar surface area (TPSA) is 47.8 Å². The maximum atomic E-state index is 13.4. The molecule has 2 heterocycles. The molecule has 0 atom stereocenters. The van der Waals surface area contributed by atoms with Crippen LogP contribution in [0.3, 0.4) is 0 Å². The van der Waals surface area contributed by atoms with Gasteiger partial charge in [0.1, 0.15) is 5.69 Å². The first-order valence-corrected chi connectivity index (χ1v) is 11.1. The monoisotopic (exact) mass is 471 g/mol. The number of hydrogen-bond acceptors (Lipinski definition) is 4. The summed E-state index contributed by atoms with van der Waals surface area (Å²) in [5.74, 6) is 0.0131. The van der Waals surface area contributed by atoms with Gasteiger partial charge in [-0.05, 0) is 30.7 Å². The number of fused-ring (bicyclic) bond motifs is 4. The molecule has 0 radical (unpaired) electrons. The van der Waals surface area contributed by atoms with Gasteiger partial charge in [-0.15, -0.1) is 0 Å². The van der Waals surface area contributed by atoms with Gasteiger partial charge in [-0.2, -0.15) is 5.10 Å². The van der Waals surface area contributed by atoms with E-state index in [-0.39, 0.29) is 5.78 Å². The molecule has 6 heteroatoms. The number of carbonyl (C=O) groups is 1. The molecule has 0 spiro atoms. The Morgan fingerprint density at radius 2 is 1.77 bits per heavy atom. The summed E-state index contributed by atoms with van der Waals surface area (Å²) in [6, 6.07) is 21.8. The number of para-hydroxylation sites is 1. The van der Waals surface area contributed by atoms with E-state index < -0.39 is 0 Å². The minimum Gasteiger partial charge on any atom is -0.288 e. The lowest BCUT2D eigenvalue weighted by Gasteiger charge is -2.04. The summed E-state index contributed by atoms with van der Waals surface area (Å²) in [7, 11) is 0. The number of benzene rings is 3. The molecule has 4 nitrogen and oxygen atoms in total. The highest BCUT2D eigenvalue weighted by Crippen LogP contribution is 2.43. The van der Waals surface area contributed by atoms with Gasteiger partial charge in [-0.1, -0.05) is 75.8 Å². The third-order valence-corrected chi connectivity index (χ3v) is 6.92. The van der Waals surface area contributed by atoms with Gasteiger partial charge >= 0.3 is 0 Å². The number of ketones is 1. The summed E-state index contributed by atoms with van der Waals surface area (Å²) in [5, 5.41) is 5.68. The Bertz CT molecular complexity index is 1500. The predicted octanol–water partition coefficient (Wildman–Crippen LogP) is 6.43. The van der Waals surface area contributed by atoms with E-state index in [4.69, 9.17) is 10.1 Å². The van der Waals surface area contributed by atoms with Gasteiger partial charge in [0.25, 0.3) is 0 Å². The van der Waals surface area contributed by atoms with Gasteiger partial charge in [-0.25, -0.2) is 9.67 Å². The summed E-state index contributed by atoms with van der Waals surface area (Å²) in [6.07, 6.45) is 0. The molecule has 3 aromatic carbocycles. The fraction of sp³-hybridized carbons (Fsp3) is 0.0417. The Morgan fingerprint density at radius 1 is 0.967 bits per heavy atom. The highest BCUT2D eigenvalue weighted by atomic mass is 79.9. The van der Waals surface area contributed by atoms with Crippen LogP contribution >= 0.6 is 27.3 Å². The van der Waals surface area contributed by atoms with Gasteiger partial charge in [0.05, 0.1) is 21.5 Å². The maximum Gasteiger partial charge on any atom is 0.212 e. The zero-order valence-corrected chi connectivity index (χ0v) is 18.3. The van der Waals surface area contributed by atoms with Crippen molar-refractivity contribution in [2.45, 2.75) is 6.92 Å². The number of nitrogens with zero attached hydrogens (tertiary/aromatic N) is 3. The Morgan fingerprint density at radius 3 is 2.57 bits per heavy atom. The number of halogens is 1. The smallest absolute Gasteiger partial charge is 0.212 e. The summed E-state index contributed by atoms with van der Waals surface area (Å²) in [4.78, 5) is 18.2. The standard InChI is InChI=1S/C24H14BrN3OS/c1-13-6-4-11-18-20(13)26-24(30-18)28-22-16-9-2-3-10-17(16)23(29)19(22)21(27-28)14-7-5-8-15(25)12-14/h2-12H,1H3. The van der Waals surface area contributed by atoms with Crippen LogP contribution in [0.4, 0.5) is 0 Å². The van der Waals surface area contributed by atoms with Gasteiger partial charge in [0.2, 0.25) is 5.13 Å². The van der Waals surface area contributed by atoms with Crippen LogP contribution in [0.5, 0.6) is 0 Å². The SMILES string of the molecule is Cc1cccc2sc(-n3nc(-c4cccc(Br)c4)c4c3-c3ccccc3C4=O)nc12. The summed E-state index contributed by atoms with van der Waals surface area (Å²) in [6.45, 7) is 2.06. The van der Waals surface area contributed by atoms with Crippen molar-refractivity contribution in [1.82, 2.24) is 14.8 Å². The zero-order chi connectivity index (χ0) is 20.4. The molecule has 0 saturated carbocycles. The van der Waals surface area contributed by atoms with Crippen molar-refractivity contribution >= 4 is 43.3 Å². The molecule has 6 rings (SSSR count). The highest BCUT2D eigenvalue weighted by Gasteiger charge is 2.36. The van der Waals surface area contributed by atoms with Gasteiger partial charge < -0.3 is 0 Å². The fourth-order valence-corrected chi connectivity index (χ4v) is 5.45. The minimum atomic E-state index is 0.0131. The lowest BCUT2D eigenvalue weighted by atomic mass is 10.0. The Kier molecular flexibility index (Phi) is 3.82. The van der Waals surface area contributed by atoms with Crippen LogP contribution in [0.1, 0.15) is 21.5 Å². The average molecular weight is 472 g/mol. The highest BCUT2D eigenvalue weighted by molar-refractivity contribution is 9.10. The molecule has 0 fully saturated rings. The van der Waals surface area contributed by atoms with Crippen LogP contribution in [0, 0.1) is 6.92 Å². The van der Waals surface area contributed by atoms with Crippen LogP contribution in [0.25, 0.3) is 37.9 Å². The summed E-state index contributed by atoms with van der Waals surface area (Å²) < 4.78 is 3.90. The van der Waals surface area contributed by atoms with Crippen molar-refractivity contribution in [2.24, 2.45) is 0 Å². The molecule has 0 aliphatic heterocycles. The van der Waals surface area contributed by atoms with Crippen LogP contribution in [0.2, 0.25) is 0 Å². The van der Waals surface area contributed by atoms with Crippen molar-refractivity contribution in [1.29, 1.82) is 0 Å². The van der Waals surface area contributed by atoms with E-state index in [9.17, 15) is 4.79 Å². The molecule has 0 unspecified atom stereocenters. The van der Waals surface area contributed by atoms with Crippen molar-refractivity contribution in [3.05, 3.63) is 87.9 Å². The van der Waals surface area contributed by atoms with Crippen molar-refractivity contribution in [3.63, 3.8) is 0 Å². The molecule has 0 saturated heterocycles. The molecule has 30 heavy (non-hydrogen) atoms. The van der Waals surface area contributed by atoms with E-state index in [1.54, 1.807) is 11.3 Å². The average Bonchev–Trinajstić information content (AvgIpc) is 3.42. The molecule has 1 aliphatic rings. The minimum absolute atomic E-state index is 0.0131. The number of aromatic nitrogens is 3. The van der Waals surface area contributed by atoms with E-state index >= 15 is 0 Å². The molecule has 5 aromatic rings. The lowest BCUT2D eigenvalue weighted by Crippen LogP contribution is -2.00. The van der Waals surface area contributed by atoms with E-state index in [2.05, 4.69) is 35.0 Å². The number of thiazole rings is 1. The van der Waals surface area contributed by atoms with E-state index in [0.717, 1.165) is 42.2 Å². The lowest BCUT2D eigenvalue weighted by molar-refractivity contribution is 0.104. The summed E-state index contributed by atoms with van der Waals surface area (Å²) >= 11 is 5.12. The van der Waals surface area contributed by atoms with Gasteiger partial charge in [0.15, 0.2) is 5.78 Å². The van der Waals surface area contributed by atoms with Crippen LogP contribution in [-0.2, 0) is 0 Å². The zero-order valence-electron chi connectivity index (χ0n) is 15.9. The van der Waals surface area contributed by atoms with Gasteiger partial charge in [0, 0.05) is 21.2 Å². The quantitative estimate of drug-likeness (QED) is 0.292. The van der Waals surface area contributed by atoms with E-state index in [0.29, 0.717) is 16.8 Å². The first-order chi connectivity index (χ1) is 14.6. The molecular weight excluding hydrogens is 458 g/mol. The largest absolute Gasteiger partial charge is 0.288 e. The fourth-order valence-electron chi connectivity index (χ4n) is 4.05. The molecular formula is C24H14BrN3OS. The van der Waals surface area contributed by atoms with Crippen LogP contribution < -0.4 is 0 Å². The maximum absolute atomic E-state index is 13.4. The molecule has 1 aliphatic carbocycles. The number of aryl methyl sites for hydroxylation is 1. The third-order valence-electron chi connectivity index (χ3n) is 5.43. The normalized spacial score (nSPS) is 12.4. The third kappa shape index (κ3) is 2.47. The Hall–Kier alpha value is -3.09. The van der Waals surface area contributed by atoms with Crippen LogP contribution in [0.15, 0.2) is 71.2 Å². The first kappa shape index (κ1) is 17.7. The second-order valence-corrected chi connectivity index (χ2v) is 9.21. The van der Waals surface area contributed by atoms with Crippen molar-refractivity contribution in [2.75, 3.05) is 0 Å². The van der Waals surface area contributed by atoms with E-state index in [1.807, 2.05) is 59.3 Å². The number of rotatable bonds is 2. The second-order valence-electron chi connectivity index (χ2n) is 7.29. The molecule has 144 valence electrons. The second kappa shape index (κ2) is 6.45. The number of hydrogen-bond donors (Lipinski definition) is 0. The van der Waals surface area contributed by atoms with E-state index in [1.165, 1.54) is 0 Å². The summed E-state index contributed by atoms with van der Waals surface area (Å²) in [5.41, 5.74) is 6.77. The Balaban J connectivity index is 1.68. The molecule has 2 aromatic heterocycles. The molecule has 0 bridgehead atoms. The predicted molar refractivity (Wildman–Crippen MR) is 123 cm³/mol. The van der Waals surface area contributed by atoms with Crippen LogP contribution in [-0.4, -0.2) is 20.5 Å². The molecule has 0 N–H and O–H groups in total. The number of carbonyl (C=O) groups excluding carboxylic acids is 1. The molecule has 0 amide bonds.